The summed E-state index contributed by atoms with van der Waals surface area (Å²) < 4.78 is 15.4. The van der Waals surface area contributed by atoms with E-state index in [-0.39, 0.29) is 5.82 Å². The average Bonchev–Trinajstić information content (AvgIpc) is 3.66. The molecule has 5 heterocycles. The van der Waals surface area contributed by atoms with E-state index in [1.54, 1.807) is 30.9 Å². The van der Waals surface area contributed by atoms with Gasteiger partial charge in [-0.05, 0) is 49.1 Å². The number of fused-ring (bicyclic) bond motifs is 2. The van der Waals surface area contributed by atoms with Crippen LogP contribution in [0, 0.1) is 11.7 Å². The molecule has 0 bridgehead atoms. The van der Waals surface area contributed by atoms with Gasteiger partial charge in [0.15, 0.2) is 5.82 Å². The minimum absolute atomic E-state index is 0.362. The van der Waals surface area contributed by atoms with Crippen LogP contribution in [0.4, 0.5) is 10.1 Å². The van der Waals surface area contributed by atoms with Crippen molar-refractivity contribution in [1.29, 1.82) is 0 Å². The molecular weight excluding hydrogens is 527 g/mol. The molecule has 0 spiro atoms. The van der Waals surface area contributed by atoms with Gasteiger partial charge in [0.25, 0.3) is 0 Å². The molecule has 1 aromatic carbocycles. The van der Waals surface area contributed by atoms with Crippen molar-refractivity contribution in [3.8, 4) is 34.0 Å². The number of rotatable bonds is 6. The Kier molecular flexibility index (Phi) is 7.72. The molecule has 1 fully saturated rings. The third-order valence-corrected chi connectivity index (χ3v) is 7.64. The van der Waals surface area contributed by atoms with E-state index < -0.39 is 0 Å². The largest absolute Gasteiger partial charge is 0.358 e. The molecule has 1 saturated carbocycles. The van der Waals surface area contributed by atoms with Gasteiger partial charge in [0.2, 0.25) is 0 Å². The van der Waals surface area contributed by atoms with Crippen molar-refractivity contribution < 1.29 is 4.39 Å². The van der Waals surface area contributed by atoms with Crippen LogP contribution in [0.2, 0.25) is 0 Å². The maximum Gasteiger partial charge on any atom is 0.159 e. The first-order valence-electron chi connectivity index (χ1n) is 14.5. The standard InChI is InChI=1S/C31H27FN8.C2H6/c1-18(19-7-3-2-4-8-19)36-21-13-20(16-33-17-21)22-14-23-27(15-24(22)32)39-40-28(23)31-37-26-10-12-35-29(30(26)38-31)25-9-5-6-11-34-25;1-2/h5-6,9-17,19,36H,1-4,7-8H2,(H,37,38)(H,39,40);1-2H3. The van der Waals surface area contributed by atoms with Gasteiger partial charge < -0.3 is 10.3 Å². The molecule has 5 aromatic heterocycles. The van der Waals surface area contributed by atoms with Gasteiger partial charge >= 0.3 is 0 Å². The van der Waals surface area contributed by atoms with E-state index in [2.05, 4.69) is 42.0 Å². The lowest BCUT2D eigenvalue weighted by Gasteiger charge is -2.24. The molecule has 7 rings (SSSR count). The normalized spacial score (nSPS) is 13.6. The molecule has 212 valence electrons. The summed E-state index contributed by atoms with van der Waals surface area (Å²) in [6.45, 7) is 8.27. The second-order valence-electron chi connectivity index (χ2n) is 10.3. The minimum atomic E-state index is -0.362. The number of imidazole rings is 1. The van der Waals surface area contributed by atoms with Crippen LogP contribution in [0.1, 0.15) is 46.0 Å². The number of anilines is 1. The molecular formula is C33H33FN8. The maximum atomic E-state index is 15.4. The number of H-pyrrole nitrogens is 2. The maximum absolute atomic E-state index is 15.4. The highest BCUT2D eigenvalue weighted by molar-refractivity contribution is 5.97. The number of halogens is 1. The molecule has 0 saturated heterocycles. The van der Waals surface area contributed by atoms with E-state index in [0.29, 0.717) is 45.3 Å². The first-order chi connectivity index (χ1) is 20.6. The number of allylic oxidation sites excluding steroid dienone is 1. The van der Waals surface area contributed by atoms with E-state index in [1.807, 2.05) is 44.2 Å². The predicted octanol–water partition coefficient (Wildman–Crippen LogP) is 8.30. The molecule has 1 aliphatic rings. The number of hydrogen-bond donors (Lipinski definition) is 3. The number of hydrogen-bond acceptors (Lipinski definition) is 6. The highest BCUT2D eigenvalue weighted by Gasteiger charge is 2.20. The Bertz CT molecular complexity index is 1850. The summed E-state index contributed by atoms with van der Waals surface area (Å²) >= 11 is 0. The third-order valence-electron chi connectivity index (χ3n) is 7.64. The molecule has 1 aliphatic carbocycles. The minimum Gasteiger partial charge on any atom is -0.358 e. The van der Waals surface area contributed by atoms with Gasteiger partial charge in [-0.2, -0.15) is 5.10 Å². The molecule has 6 aromatic rings. The van der Waals surface area contributed by atoms with E-state index >= 15 is 4.39 Å². The zero-order valence-corrected chi connectivity index (χ0v) is 23.8. The number of benzene rings is 1. The van der Waals surface area contributed by atoms with E-state index in [4.69, 9.17) is 4.98 Å². The first kappa shape index (κ1) is 27.3. The summed E-state index contributed by atoms with van der Waals surface area (Å²) in [5.74, 6) is 0.650. The summed E-state index contributed by atoms with van der Waals surface area (Å²) in [6.07, 6.45) is 12.9. The van der Waals surface area contributed by atoms with Gasteiger partial charge in [0, 0.05) is 46.9 Å². The van der Waals surface area contributed by atoms with Crippen molar-refractivity contribution in [3.63, 3.8) is 0 Å². The average molecular weight is 561 g/mol. The summed E-state index contributed by atoms with van der Waals surface area (Å²) in [4.78, 5) is 21.5. The van der Waals surface area contributed by atoms with Crippen molar-refractivity contribution in [1.82, 2.24) is 35.1 Å². The van der Waals surface area contributed by atoms with Gasteiger partial charge in [0.05, 0.1) is 28.6 Å². The van der Waals surface area contributed by atoms with Crippen LogP contribution in [0.3, 0.4) is 0 Å². The molecule has 0 radical (unpaired) electrons. The Morgan fingerprint density at radius 2 is 1.81 bits per heavy atom. The third kappa shape index (κ3) is 5.25. The van der Waals surface area contributed by atoms with Crippen molar-refractivity contribution in [2.75, 3.05) is 5.32 Å². The zero-order valence-electron chi connectivity index (χ0n) is 23.8. The topological polar surface area (TPSA) is 108 Å². The van der Waals surface area contributed by atoms with Gasteiger partial charge in [-0.15, -0.1) is 0 Å². The van der Waals surface area contributed by atoms with Crippen LogP contribution >= 0.6 is 0 Å². The smallest absolute Gasteiger partial charge is 0.159 e. The van der Waals surface area contributed by atoms with Crippen LogP contribution in [0.15, 0.2) is 79.5 Å². The van der Waals surface area contributed by atoms with Gasteiger partial charge in [-0.25, -0.2) is 9.37 Å². The predicted molar refractivity (Wildman–Crippen MR) is 166 cm³/mol. The fourth-order valence-electron chi connectivity index (χ4n) is 5.57. The number of nitrogens with zero attached hydrogens (tertiary/aromatic N) is 5. The summed E-state index contributed by atoms with van der Waals surface area (Å²) in [7, 11) is 0. The van der Waals surface area contributed by atoms with Crippen molar-refractivity contribution in [2.45, 2.75) is 46.0 Å². The van der Waals surface area contributed by atoms with Gasteiger partial charge in [-0.3, -0.25) is 20.1 Å². The van der Waals surface area contributed by atoms with E-state index in [1.165, 1.54) is 25.3 Å². The first-order valence-corrected chi connectivity index (χ1v) is 14.5. The van der Waals surface area contributed by atoms with Crippen molar-refractivity contribution >= 4 is 27.6 Å². The lowest BCUT2D eigenvalue weighted by molar-refractivity contribution is 0.405. The molecule has 0 aliphatic heterocycles. The van der Waals surface area contributed by atoms with Gasteiger partial charge in [0.1, 0.15) is 22.7 Å². The van der Waals surface area contributed by atoms with Crippen LogP contribution in [0.5, 0.6) is 0 Å². The molecule has 0 unspecified atom stereocenters. The summed E-state index contributed by atoms with van der Waals surface area (Å²) in [6, 6.07) is 12.7. The highest BCUT2D eigenvalue weighted by atomic mass is 19.1. The SMILES string of the molecule is C=C(Nc1cncc(-c2cc3c(-c4nc5c(-c6ccccn6)nccc5[nH]4)n[nH]c3cc2F)c1)C1CCCCC1.CC. The Balaban J connectivity index is 0.00000155. The number of aromatic amines is 2. The Morgan fingerprint density at radius 1 is 0.952 bits per heavy atom. The van der Waals surface area contributed by atoms with Crippen LogP contribution in [0.25, 0.3) is 56.0 Å². The van der Waals surface area contributed by atoms with E-state index in [0.717, 1.165) is 40.8 Å². The fourth-order valence-corrected chi connectivity index (χ4v) is 5.57. The van der Waals surface area contributed by atoms with Crippen molar-refractivity contribution in [2.24, 2.45) is 5.92 Å². The molecule has 0 amide bonds. The molecule has 8 nitrogen and oxygen atoms in total. The Hall–Kier alpha value is -4.92. The van der Waals surface area contributed by atoms with E-state index in [9.17, 15) is 0 Å². The monoisotopic (exact) mass is 560 g/mol. The molecule has 9 heteroatoms. The molecule has 3 N–H and O–H groups in total. The Morgan fingerprint density at radius 3 is 2.62 bits per heavy atom. The summed E-state index contributed by atoms with van der Waals surface area (Å²) in [5.41, 5.74) is 6.97. The second-order valence-corrected chi connectivity index (χ2v) is 10.3. The highest BCUT2D eigenvalue weighted by Crippen LogP contribution is 2.35. The van der Waals surface area contributed by atoms with Crippen LogP contribution in [-0.2, 0) is 0 Å². The number of aromatic nitrogens is 7. The number of pyridine rings is 3. The van der Waals surface area contributed by atoms with Crippen molar-refractivity contribution in [3.05, 3.63) is 85.3 Å². The van der Waals surface area contributed by atoms with Gasteiger partial charge in [-0.1, -0.05) is 45.8 Å². The fraction of sp³-hybridized carbons (Fsp3) is 0.242. The molecule has 0 atom stereocenters. The number of nitrogens with one attached hydrogen (secondary N) is 3. The molecule has 42 heavy (non-hydrogen) atoms. The summed E-state index contributed by atoms with van der Waals surface area (Å²) in [5, 5.41) is 11.6. The zero-order chi connectivity index (χ0) is 29.1. The van der Waals surface area contributed by atoms with Crippen LogP contribution in [-0.4, -0.2) is 35.1 Å². The second kappa shape index (κ2) is 11.9. The Labute approximate surface area is 243 Å². The lowest BCUT2D eigenvalue weighted by atomic mass is 9.87. The van der Waals surface area contributed by atoms with Crippen LogP contribution < -0.4 is 5.32 Å². The lowest BCUT2D eigenvalue weighted by Crippen LogP contribution is -2.14. The quantitative estimate of drug-likeness (QED) is 0.189.